The van der Waals surface area contributed by atoms with E-state index in [0.717, 1.165) is 26.5 Å². The number of hydrogen-bond donors (Lipinski definition) is 0. The SMILES string of the molecule is CCOc1cc(/C=C2/SC(=O)N(CC)C2=O)cc(I)c1OCc1cccc(C)c1. The fourth-order valence-corrected chi connectivity index (χ4v) is 4.64. The summed E-state index contributed by atoms with van der Waals surface area (Å²) in [6.45, 7) is 7.05. The van der Waals surface area contributed by atoms with Crippen LogP contribution in [-0.4, -0.2) is 29.2 Å². The van der Waals surface area contributed by atoms with Gasteiger partial charge in [0.05, 0.1) is 15.1 Å². The average molecular weight is 523 g/mol. The van der Waals surface area contributed by atoms with Gasteiger partial charge in [-0.1, -0.05) is 29.8 Å². The molecule has 0 spiro atoms. The van der Waals surface area contributed by atoms with E-state index < -0.39 is 0 Å². The lowest BCUT2D eigenvalue weighted by Gasteiger charge is -2.15. The van der Waals surface area contributed by atoms with Crippen molar-refractivity contribution in [3.63, 3.8) is 0 Å². The summed E-state index contributed by atoms with van der Waals surface area (Å²) in [4.78, 5) is 26.0. The molecule has 1 aliphatic heterocycles. The molecular formula is C22H22INO4S. The van der Waals surface area contributed by atoms with Gasteiger partial charge in [-0.2, -0.15) is 0 Å². The molecule has 2 aromatic rings. The summed E-state index contributed by atoms with van der Waals surface area (Å²) < 4.78 is 12.7. The Hall–Kier alpha value is -2.00. The van der Waals surface area contributed by atoms with Crippen LogP contribution in [0.3, 0.4) is 0 Å². The first-order valence-electron chi connectivity index (χ1n) is 9.33. The van der Waals surface area contributed by atoms with Crippen molar-refractivity contribution in [2.24, 2.45) is 0 Å². The lowest BCUT2D eigenvalue weighted by Crippen LogP contribution is -2.27. The first kappa shape index (κ1) is 21.7. The van der Waals surface area contributed by atoms with Gasteiger partial charge < -0.3 is 9.47 Å². The predicted molar refractivity (Wildman–Crippen MR) is 124 cm³/mol. The quantitative estimate of drug-likeness (QED) is 0.348. The third-order valence-electron chi connectivity index (χ3n) is 4.28. The van der Waals surface area contributed by atoms with Crippen LogP contribution in [0, 0.1) is 10.5 Å². The van der Waals surface area contributed by atoms with Crippen LogP contribution in [0.15, 0.2) is 41.3 Å². The normalized spacial score (nSPS) is 15.3. The number of rotatable bonds is 7. The number of hydrogen-bond acceptors (Lipinski definition) is 5. The lowest BCUT2D eigenvalue weighted by atomic mass is 10.1. The summed E-state index contributed by atoms with van der Waals surface area (Å²) in [7, 11) is 0. The first-order valence-corrected chi connectivity index (χ1v) is 11.2. The highest BCUT2D eigenvalue weighted by atomic mass is 127. The Labute approximate surface area is 188 Å². The molecule has 2 amide bonds. The van der Waals surface area contributed by atoms with Crippen molar-refractivity contribution in [2.45, 2.75) is 27.4 Å². The third kappa shape index (κ3) is 5.14. The molecular weight excluding hydrogens is 501 g/mol. The number of carbonyl (C=O) groups is 2. The Bertz CT molecular complexity index is 973. The first-order chi connectivity index (χ1) is 13.9. The van der Waals surface area contributed by atoms with Crippen LogP contribution in [-0.2, 0) is 11.4 Å². The second-order valence-corrected chi connectivity index (χ2v) is 8.62. The number of thioether (sulfide) groups is 1. The van der Waals surface area contributed by atoms with Crippen molar-refractivity contribution in [3.8, 4) is 11.5 Å². The minimum atomic E-state index is -0.254. The molecule has 5 nitrogen and oxygen atoms in total. The van der Waals surface area contributed by atoms with Gasteiger partial charge in [0.2, 0.25) is 0 Å². The number of ether oxygens (including phenoxy) is 2. The van der Waals surface area contributed by atoms with Gasteiger partial charge in [-0.05, 0) is 84.5 Å². The van der Waals surface area contributed by atoms with Crippen LogP contribution in [0.1, 0.15) is 30.5 Å². The minimum absolute atomic E-state index is 0.235. The van der Waals surface area contributed by atoms with E-state index in [4.69, 9.17) is 9.47 Å². The van der Waals surface area contributed by atoms with Crippen LogP contribution in [0.4, 0.5) is 4.79 Å². The van der Waals surface area contributed by atoms with E-state index >= 15 is 0 Å². The molecule has 0 aliphatic carbocycles. The Morgan fingerprint density at radius 3 is 2.59 bits per heavy atom. The zero-order valence-corrected chi connectivity index (χ0v) is 19.5. The number of nitrogens with zero attached hydrogens (tertiary/aromatic N) is 1. The summed E-state index contributed by atoms with van der Waals surface area (Å²) in [6.07, 6.45) is 1.73. The largest absolute Gasteiger partial charge is 0.490 e. The lowest BCUT2D eigenvalue weighted by molar-refractivity contribution is -0.122. The highest BCUT2D eigenvalue weighted by molar-refractivity contribution is 14.1. The molecule has 1 fully saturated rings. The van der Waals surface area contributed by atoms with E-state index in [1.807, 2.05) is 44.2 Å². The van der Waals surface area contributed by atoms with Crippen LogP contribution < -0.4 is 9.47 Å². The molecule has 152 valence electrons. The zero-order chi connectivity index (χ0) is 21.0. The molecule has 0 bridgehead atoms. The summed E-state index contributed by atoms with van der Waals surface area (Å²) in [5.74, 6) is 1.04. The van der Waals surface area contributed by atoms with Gasteiger partial charge in [0.1, 0.15) is 6.61 Å². The van der Waals surface area contributed by atoms with Gasteiger partial charge in [0.25, 0.3) is 11.1 Å². The van der Waals surface area contributed by atoms with E-state index in [9.17, 15) is 9.59 Å². The van der Waals surface area contributed by atoms with E-state index in [1.54, 1.807) is 13.0 Å². The van der Waals surface area contributed by atoms with Crippen molar-refractivity contribution in [1.29, 1.82) is 0 Å². The molecule has 1 aliphatic rings. The molecule has 3 rings (SSSR count). The zero-order valence-electron chi connectivity index (χ0n) is 16.5. The van der Waals surface area contributed by atoms with Gasteiger partial charge >= 0.3 is 0 Å². The number of benzene rings is 2. The number of imide groups is 1. The molecule has 0 atom stereocenters. The molecule has 2 aromatic carbocycles. The van der Waals surface area contributed by atoms with E-state index in [0.29, 0.717) is 36.2 Å². The molecule has 0 aromatic heterocycles. The summed E-state index contributed by atoms with van der Waals surface area (Å²) >= 11 is 3.17. The van der Waals surface area contributed by atoms with Crippen LogP contribution in [0.2, 0.25) is 0 Å². The van der Waals surface area contributed by atoms with E-state index in [-0.39, 0.29) is 11.1 Å². The molecule has 0 unspecified atom stereocenters. The highest BCUT2D eigenvalue weighted by Gasteiger charge is 2.33. The van der Waals surface area contributed by atoms with Gasteiger partial charge in [0, 0.05) is 6.54 Å². The maximum atomic E-state index is 12.4. The van der Waals surface area contributed by atoms with Crippen molar-refractivity contribution in [2.75, 3.05) is 13.2 Å². The Morgan fingerprint density at radius 1 is 1.14 bits per heavy atom. The fraction of sp³-hybridized carbons (Fsp3) is 0.273. The topological polar surface area (TPSA) is 55.8 Å². The van der Waals surface area contributed by atoms with Crippen molar-refractivity contribution < 1.29 is 19.1 Å². The number of halogens is 1. The Kier molecular flexibility index (Phi) is 7.23. The van der Waals surface area contributed by atoms with Crippen molar-refractivity contribution in [3.05, 3.63) is 61.6 Å². The molecule has 29 heavy (non-hydrogen) atoms. The number of carbonyl (C=O) groups excluding carboxylic acids is 2. The van der Waals surface area contributed by atoms with Crippen molar-refractivity contribution in [1.82, 2.24) is 4.90 Å². The van der Waals surface area contributed by atoms with Crippen LogP contribution >= 0.6 is 34.4 Å². The monoisotopic (exact) mass is 523 g/mol. The Morgan fingerprint density at radius 2 is 1.93 bits per heavy atom. The smallest absolute Gasteiger partial charge is 0.293 e. The second kappa shape index (κ2) is 9.67. The van der Waals surface area contributed by atoms with Gasteiger partial charge in [-0.3, -0.25) is 14.5 Å². The van der Waals surface area contributed by atoms with E-state index in [2.05, 4.69) is 28.7 Å². The summed E-state index contributed by atoms with van der Waals surface area (Å²) in [5, 5.41) is -0.235. The maximum absolute atomic E-state index is 12.4. The average Bonchev–Trinajstić information content (AvgIpc) is 2.94. The summed E-state index contributed by atoms with van der Waals surface area (Å²) in [5.41, 5.74) is 3.06. The third-order valence-corrected chi connectivity index (χ3v) is 5.99. The number of likely N-dealkylation sites (N-methyl/N-ethyl adjacent to an activating group) is 1. The predicted octanol–water partition coefficient (Wildman–Crippen LogP) is 5.63. The van der Waals surface area contributed by atoms with Gasteiger partial charge in [-0.15, -0.1) is 0 Å². The van der Waals surface area contributed by atoms with Crippen molar-refractivity contribution >= 4 is 51.6 Å². The standard InChI is InChI=1S/C22H22INO4S/c1-4-24-21(25)19(29-22(24)26)12-16-10-17(23)20(18(11-16)27-5-2)28-13-15-8-6-7-14(3)9-15/h6-12H,4-5,13H2,1-3H3/b19-12+. The second-order valence-electron chi connectivity index (χ2n) is 6.47. The van der Waals surface area contributed by atoms with Gasteiger partial charge in [-0.25, -0.2) is 0 Å². The minimum Gasteiger partial charge on any atom is -0.490 e. The van der Waals surface area contributed by atoms with E-state index in [1.165, 1.54) is 10.5 Å². The molecule has 0 N–H and O–H groups in total. The molecule has 1 saturated heterocycles. The number of amides is 2. The highest BCUT2D eigenvalue weighted by Crippen LogP contribution is 2.37. The maximum Gasteiger partial charge on any atom is 0.293 e. The number of aryl methyl sites for hydroxylation is 1. The molecule has 1 heterocycles. The molecule has 0 radical (unpaired) electrons. The summed E-state index contributed by atoms with van der Waals surface area (Å²) in [6, 6.07) is 11.9. The van der Waals surface area contributed by atoms with Crippen LogP contribution in [0.25, 0.3) is 6.08 Å². The fourth-order valence-electron chi connectivity index (χ4n) is 2.96. The molecule has 7 heteroatoms. The van der Waals surface area contributed by atoms with Crippen LogP contribution in [0.5, 0.6) is 11.5 Å². The Balaban J connectivity index is 1.87. The van der Waals surface area contributed by atoms with Gasteiger partial charge in [0.15, 0.2) is 11.5 Å². The molecule has 0 saturated carbocycles.